The van der Waals surface area contributed by atoms with Crippen LogP contribution in [0.25, 0.3) is 10.9 Å². The lowest BCUT2D eigenvalue weighted by Crippen LogP contribution is -2.37. The highest BCUT2D eigenvalue weighted by molar-refractivity contribution is 5.94. The van der Waals surface area contributed by atoms with E-state index in [9.17, 15) is 14.7 Å². The van der Waals surface area contributed by atoms with Crippen molar-refractivity contribution < 1.29 is 28.3 Å². The number of benzene rings is 2. The molecule has 0 bridgehead atoms. The van der Waals surface area contributed by atoms with Crippen LogP contribution < -0.4 is 4.74 Å². The quantitative estimate of drug-likeness (QED) is 0.461. The van der Waals surface area contributed by atoms with Crippen LogP contribution in [0, 0.1) is 18.8 Å². The van der Waals surface area contributed by atoms with E-state index in [0.717, 1.165) is 35.4 Å². The third kappa shape index (κ3) is 4.41. The molecule has 184 valence electrons. The molecule has 5 rings (SSSR count). The number of hydrogen-bond acceptors (Lipinski definition) is 5. The molecule has 7 heteroatoms. The van der Waals surface area contributed by atoms with Crippen molar-refractivity contribution in [1.82, 2.24) is 9.47 Å². The van der Waals surface area contributed by atoms with Crippen LogP contribution in [-0.4, -0.2) is 47.3 Å². The first-order chi connectivity index (χ1) is 18.1. The summed E-state index contributed by atoms with van der Waals surface area (Å²) < 4.78 is 34.6. The summed E-state index contributed by atoms with van der Waals surface area (Å²) in [5.74, 6) is 1.21. The summed E-state index contributed by atoms with van der Waals surface area (Å²) in [5, 5.41) is 10.4. The van der Waals surface area contributed by atoms with Crippen molar-refractivity contribution >= 4 is 23.0 Å². The summed E-state index contributed by atoms with van der Waals surface area (Å²) in [6.07, 6.45) is 4.91. The second kappa shape index (κ2) is 9.38. The number of carbonyl (C=O) groups excluding carboxylic acids is 1. The topological polar surface area (TPSA) is 81.0 Å². The number of nitrogens with zero attached hydrogens (tertiary/aromatic N) is 2. The zero-order valence-electron chi connectivity index (χ0n) is 23.0. The number of hydrogen-bond donors (Lipinski definition) is 1. The van der Waals surface area contributed by atoms with Gasteiger partial charge in [0, 0.05) is 29.7 Å². The van der Waals surface area contributed by atoms with Gasteiger partial charge >= 0.3 is 12.1 Å². The summed E-state index contributed by atoms with van der Waals surface area (Å²) in [6.45, 7) is 2.96. The largest absolute Gasteiger partial charge is 0.496 e. The molecule has 1 aliphatic heterocycles. The first-order valence-electron chi connectivity index (χ1n) is 13.5. The summed E-state index contributed by atoms with van der Waals surface area (Å²) >= 11 is 0. The van der Waals surface area contributed by atoms with Gasteiger partial charge in [-0.2, -0.15) is 0 Å². The first kappa shape index (κ1) is 19.9. The molecule has 0 amide bonds. The lowest BCUT2D eigenvalue weighted by molar-refractivity contribution is 0.0600. The van der Waals surface area contributed by atoms with Crippen molar-refractivity contribution in [1.29, 1.82) is 0 Å². The number of carbonyl (C=O) groups is 2. The second-order valence-electron chi connectivity index (χ2n) is 9.72. The van der Waals surface area contributed by atoms with Gasteiger partial charge < -0.3 is 14.6 Å². The maximum atomic E-state index is 12.0. The molecule has 2 heterocycles. The molecule has 35 heavy (non-hydrogen) atoms. The number of piperidine rings is 1. The van der Waals surface area contributed by atoms with Crippen LogP contribution in [0.4, 0.5) is 4.79 Å². The maximum absolute atomic E-state index is 12.0. The predicted molar refractivity (Wildman–Crippen MR) is 133 cm³/mol. The normalized spacial score (nSPS) is 22.3. The van der Waals surface area contributed by atoms with Crippen LogP contribution >= 0.6 is 0 Å². The van der Waals surface area contributed by atoms with E-state index in [0.29, 0.717) is 40.1 Å². The average Bonchev–Trinajstić information content (AvgIpc) is 3.62. The molecule has 1 saturated heterocycles. The van der Waals surface area contributed by atoms with E-state index in [1.807, 2.05) is 12.1 Å². The van der Waals surface area contributed by atoms with Crippen LogP contribution in [0.5, 0.6) is 5.75 Å². The van der Waals surface area contributed by atoms with E-state index in [4.69, 9.17) is 13.6 Å². The van der Waals surface area contributed by atoms with Crippen molar-refractivity contribution in [2.45, 2.75) is 45.2 Å². The average molecular weight is 480 g/mol. The SMILES string of the molecule is [2H]C([2H])([2H])Oc1cc(C)c2c(ccn2C(=O)O)c1CN1CCC(C2CC2)C[C@H]1c1ccc(C(=O)OC)cc1. The van der Waals surface area contributed by atoms with Gasteiger partial charge in [0.15, 0.2) is 0 Å². The number of likely N-dealkylation sites (tertiary alicyclic amines) is 1. The molecule has 0 spiro atoms. The van der Waals surface area contributed by atoms with E-state index >= 15 is 0 Å². The highest BCUT2D eigenvalue weighted by atomic mass is 16.5. The van der Waals surface area contributed by atoms with Crippen LogP contribution in [0.2, 0.25) is 0 Å². The second-order valence-corrected chi connectivity index (χ2v) is 9.72. The number of methoxy groups -OCH3 is 2. The number of fused-ring (bicyclic) bond motifs is 1. The zero-order valence-corrected chi connectivity index (χ0v) is 20.0. The van der Waals surface area contributed by atoms with Gasteiger partial charge in [0.25, 0.3) is 0 Å². The number of rotatable bonds is 6. The molecule has 2 aliphatic rings. The molecule has 2 aromatic carbocycles. The summed E-state index contributed by atoms with van der Waals surface area (Å²) in [6, 6.07) is 10.9. The maximum Gasteiger partial charge on any atom is 0.416 e. The molecule has 2 atom stereocenters. The minimum atomic E-state index is -2.65. The molecule has 1 aromatic heterocycles. The molecule has 1 unspecified atom stereocenters. The van der Waals surface area contributed by atoms with Crippen LogP contribution in [0.3, 0.4) is 0 Å². The Bertz CT molecular complexity index is 1360. The number of aryl methyl sites for hydroxylation is 1. The Hall–Kier alpha value is -3.32. The van der Waals surface area contributed by atoms with Crippen molar-refractivity contribution in [3.05, 3.63) is 64.8 Å². The predicted octanol–water partition coefficient (Wildman–Crippen LogP) is 5.63. The number of carboxylic acid groups (broad SMARTS) is 1. The summed E-state index contributed by atoms with van der Waals surface area (Å²) in [5.41, 5.74) is 3.37. The van der Waals surface area contributed by atoms with Crippen molar-refractivity contribution in [3.8, 4) is 5.75 Å². The number of ether oxygens (including phenoxy) is 2. The van der Waals surface area contributed by atoms with Crippen molar-refractivity contribution in [3.63, 3.8) is 0 Å². The Morgan fingerprint density at radius 1 is 1.14 bits per heavy atom. The summed E-state index contributed by atoms with van der Waals surface area (Å²) in [7, 11) is -1.29. The van der Waals surface area contributed by atoms with E-state index < -0.39 is 13.1 Å². The third-order valence-corrected chi connectivity index (χ3v) is 7.67. The Kier molecular flexibility index (Phi) is 5.34. The molecule has 1 N–H and O–H groups in total. The van der Waals surface area contributed by atoms with Crippen molar-refractivity contribution in [2.24, 2.45) is 11.8 Å². The number of aromatic nitrogens is 1. The molecule has 0 radical (unpaired) electrons. The molecular formula is C28H32N2O5. The van der Waals surface area contributed by atoms with Gasteiger partial charge in [-0.05, 0) is 86.4 Å². The minimum Gasteiger partial charge on any atom is -0.496 e. The van der Waals surface area contributed by atoms with Gasteiger partial charge in [-0.1, -0.05) is 12.1 Å². The van der Waals surface area contributed by atoms with E-state index in [-0.39, 0.29) is 17.8 Å². The molecule has 3 aromatic rings. The highest BCUT2D eigenvalue weighted by Crippen LogP contribution is 2.47. The fourth-order valence-electron chi connectivity index (χ4n) is 5.71. The van der Waals surface area contributed by atoms with Gasteiger partial charge in [-0.3, -0.25) is 9.47 Å². The third-order valence-electron chi connectivity index (χ3n) is 7.67. The van der Waals surface area contributed by atoms with Gasteiger partial charge in [0.1, 0.15) is 5.75 Å². The van der Waals surface area contributed by atoms with E-state index in [1.54, 1.807) is 31.2 Å². The molecular weight excluding hydrogens is 444 g/mol. The zero-order chi connectivity index (χ0) is 27.2. The molecule has 2 fully saturated rings. The van der Waals surface area contributed by atoms with E-state index in [2.05, 4.69) is 4.90 Å². The molecule has 1 saturated carbocycles. The van der Waals surface area contributed by atoms with E-state index in [1.165, 1.54) is 26.1 Å². The van der Waals surface area contributed by atoms with Gasteiger partial charge in [0.2, 0.25) is 0 Å². The van der Waals surface area contributed by atoms with Crippen molar-refractivity contribution in [2.75, 3.05) is 20.7 Å². The van der Waals surface area contributed by atoms with Gasteiger partial charge in [0.05, 0.1) is 29.3 Å². The lowest BCUT2D eigenvalue weighted by atomic mass is 9.83. The molecule has 1 aliphatic carbocycles. The number of esters is 1. The lowest BCUT2D eigenvalue weighted by Gasteiger charge is -2.40. The van der Waals surface area contributed by atoms with Gasteiger partial charge in [-0.15, -0.1) is 0 Å². The fraction of sp³-hybridized carbons (Fsp3) is 0.429. The van der Waals surface area contributed by atoms with Crippen LogP contribution in [0.1, 0.15) is 62.9 Å². The fourth-order valence-corrected chi connectivity index (χ4v) is 5.71. The Labute approximate surface area is 209 Å². The molecule has 7 nitrogen and oxygen atoms in total. The Balaban J connectivity index is 1.55. The Morgan fingerprint density at radius 2 is 1.91 bits per heavy atom. The van der Waals surface area contributed by atoms with Crippen LogP contribution in [-0.2, 0) is 11.3 Å². The summed E-state index contributed by atoms with van der Waals surface area (Å²) in [4.78, 5) is 26.2. The Morgan fingerprint density at radius 3 is 2.57 bits per heavy atom. The first-order valence-corrected chi connectivity index (χ1v) is 12.0. The standard InChI is InChI=1S/C28H32N2O5/c1-17-14-25(34-2)23(22-11-13-30(26(17)22)28(32)33)16-29-12-10-21(18-4-5-18)15-24(29)19-6-8-20(9-7-19)27(31)35-3/h6-9,11,13-14,18,21,24H,4-5,10,12,15-16H2,1-3H3,(H,32,33)/t21?,24-/m0/s1/i2D3. The smallest absolute Gasteiger partial charge is 0.416 e. The van der Waals surface area contributed by atoms with Crippen LogP contribution in [0.15, 0.2) is 42.6 Å². The minimum absolute atomic E-state index is 0.0552. The highest BCUT2D eigenvalue weighted by Gasteiger charge is 2.38. The monoisotopic (exact) mass is 479 g/mol. The van der Waals surface area contributed by atoms with Gasteiger partial charge in [-0.25, -0.2) is 9.59 Å².